The third-order valence-electron chi connectivity index (χ3n) is 4.58. The predicted molar refractivity (Wildman–Crippen MR) is 108 cm³/mol. The second kappa shape index (κ2) is 9.91. The minimum absolute atomic E-state index is 0.331. The molecule has 3 aromatic rings. The summed E-state index contributed by atoms with van der Waals surface area (Å²) in [5.74, 6) is 0. The molecule has 1 N–H and O–H groups in total. The molecule has 1 atom stereocenters. The van der Waals surface area contributed by atoms with Crippen molar-refractivity contribution in [3.63, 3.8) is 0 Å². The first-order valence-corrected chi connectivity index (χ1v) is 9.32. The van der Waals surface area contributed by atoms with Crippen molar-refractivity contribution in [3.05, 3.63) is 108 Å². The normalized spacial score (nSPS) is 12.2. The first-order chi connectivity index (χ1) is 12.8. The molecule has 0 saturated carbocycles. The van der Waals surface area contributed by atoms with Gasteiger partial charge in [0.2, 0.25) is 0 Å². The van der Waals surface area contributed by atoms with E-state index in [1.807, 2.05) is 18.2 Å². The highest BCUT2D eigenvalue weighted by Gasteiger charge is 2.13. The SMILES string of the molecule is O[C@H](CCc1ccccc1)CN(Cc1ccccc1)Cc1ccccc1. The van der Waals surface area contributed by atoms with E-state index in [9.17, 15) is 5.11 Å². The Balaban J connectivity index is 1.60. The Labute approximate surface area is 156 Å². The molecule has 0 aliphatic rings. The van der Waals surface area contributed by atoms with Crippen molar-refractivity contribution in [3.8, 4) is 0 Å². The Morgan fingerprint density at radius 1 is 0.615 bits per heavy atom. The van der Waals surface area contributed by atoms with Gasteiger partial charge in [-0.1, -0.05) is 91.0 Å². The van der Waals surface area contributed by atoms with Crippen molar-refractivity contribution in [2.24, 2.45) is 0 Å². The van der Waals surface area contributed by atoms with E-state index in [4.69, 9.17) is 0 Å². The largest absolute Gasteiger partial charge is 0.392 e. The van der Waals surface area contributed by atoms with E-state index in [0.717, 1.165) is 25.9 Å². The van der Waals surface area contributed by atoms with Gasteiger partial charge in [-0.25, -0.2) is 0 Å². The molecule has 3 aromatic carbocycles. The summed E-state index contributed by atoms with van der Waals surface area (Å²) in [6.45, 7) is 2.37. The van der Waals surface area contributed by atoms with Crippen molar-refractivity contribution in [1.82, 2.24) is 4.90 Å². The summed E-state index contributed by atoms with van der Waals surface area (Å²) in [4.78, 5) is 2.33. The zero-order chi connectivity index (χ0) is 18.0. The van der Waals surface area contributed by atoms with Crippen molar-refractivity contribution >= 4 is 0 Å². The van der Waals surface area contributed by atoms with Gasteiger partial charge < -0.3 is 5.11 Å². The summed E-state index contributed by atoms with van der Waals surface area (Å²) in [6.07, 6.45) is 1.36. The van der Waals surface area contributed by atoms with Gasteiger partial charge >= 0.3 is 0 Å². The molecule has 134 valence electrons. The summed E-state index contributed by atoms with van der Waals surface area (Å²) >= 11 is 0. The third-order valence-corrected chi connectivity index (χ3v) is 4.58. The van der Waals surface area contributed by atoms with Crippen molar-refractivity contribution in [2.45, 2.75) is 32.0 Å². The fourth-order valence-corrected chi connectivity index (χ4v) is 3.24. The van der Waals surface area contributed by atoms with Crippen LogP contribution in [0.4, 0.5) is 0 Å². The van der Waals surface area contributed by atoms with E-state index >= 15 is 0 Å². The lowest BCUT2D eigenvalue weighted by molar-refractivity contribution is 0.0978. The molecule has 0 aliphatic carbocycles. The van der Waals surface area contributed by atoms with Gasteiger partial charge in [-0.05, 0) is 29.5 Å². The Morgan fingerprint density at radius 3 is 1.50 bits per heavy atom. The van der Waals surface area contributed by atoms with Crippen LogP contribution in [0.1, 0.15) is 23.1 Å². The maximum absolute atomic E-state index is 10.6. The van der Waals surface area contributed by atoms with Crippen LogP contribution in [0.5, 0.6) is 0 Å². The van der Waals surface area contributed by atoms with Crippen molar-refractivity contribution < 1.29 is 5.11 Å². The first kappa shape index (κ1) is 18.4. The predicted octanol–water partition coefficient (Wildman–Crippen LogP) is 4.68. The molecule has 0 radical (unpaired) electrons. The lowest BCUT2D eigenvalue weighted by Gasteiger charge is -2.25. The van der Waals surface area contributed by atoms with Gasteiger partial charge in [0.1, 0.15) is 0 Å². The minimum atomic E-state index is -0.331. The standard InChI is InChI=1S/C24H27NO/c26-24(17-16-21-10-4-1-5-11-21)20-25(18-22-12-6-2-7-13-22)19-23-14-8-3-9-15-23/h1-15,24,26H,16-20H2/t24-/m1/s1. The third kappa shape index (κ3) is 6.14. The monoisotopic (exact) mass is 345 g/mol. The van der Waals surface area contributed by atoms with E-state index in [1.54, 1.807) is 0 Å². The zero-order valence-electron chi connectivity index (χ0n) is 15.2. The Bertz CT molecular complexity index is 701. The molecule has 0 unspecified atom stereocenters. The Hall–Kier alpha value is -2.42. The average Bonchev–Trinajstić information content (AvgIpc) is 2.69. The summed E-state index contributed by atoms with van der Waals surface area (Å²) in [5.41, 5.74) is 3.83. The van der Waals surface area contributed by atoms with Gasteiger partial charge in [0, 0.05) is 19.6 Å². The van der Waals surface area contributed by atoms with Gasteiger partial charge in [0.05, 0.1) is 6.10 Å². The zero-order valence-corrected chi connectivity index (χ0v) is 15.2. The maximum atomic E-state index is 10.6. The number of hydrogen-bond acceptors (Lipinski definition) is 2. The second-order valence-corrected chi connectivity index (χ2v) is 6.82. The highest BCUT2D eigenvalue weighted by atomic mass is 16.3. The molecule has 2 nitrogen and oxygen atoms in total. The molecule has 0 saturated heterocycles. The highest BCUT2D eigenvalue weighted by molar-refractivity contribution is 5.17. The molecule has 0 bridgehead atoms. The molecule has 0 spiro atoms. The van der Waals surface area contributed by atoms with Gasteiger partial charge in [-0.3, -0.25) is 4.90 Å². The van der Waals surface area contributed by atoms with Crippen LogP contribution in [-0.4, -0.2) is 22.7 Å². The van der Waals surface area contributed by atoms with Crippen LogP contribution >= 0.6 is 0 Å². The topological polar surface area (TPSA) is 23.5 Å². The lowest BCUT2D eigenvalue weighted by Crippen LogP contribution is -2.32. The van der Waals surface area contributed by atoms with Crippen LogP contribution in [0.15, 0.2) is 91.0 Å². The van der Waals surface area contributed by atoms with Crippen molar-refractivity contribution in [2.75, 3.05) is 6.54 Å². The smallest absolute Gasteiger partial charge is 0.0670 e. The fourth-order valence-electron chi connectivity index (χ4n) is 3.24. The number of hydrogen-bond donors (Lipinski definition) is 1. The van der Waals surface area contributed by atoms with Gasteiger partial charge in [0.25, 0.3) is 0 Å². The number of aryl methyl sites for hydroxylation is 1. The molecule has 0 heterocycles. The molecule has 0 fully saturated rings. The average molecular weight is 345 g/mol. The van der Waals surface area contributed by atoms with Crippen LogP contribution in [0.3, 0.4) is 0 Å². The van der Waals surface area contributed by atoms with E-state index < -0.39 is 0 Å². The number of aliphatic hydroxyl groups excluding tert-OH is 1. The maximum Gasteiger partial charge on any atom is 0.0670 e. The van der Waals surface area contributed by atoms with E-state index in [1.165, 1.54) is 16.7 Å². The van der Waals surface area contributed by atoms with E-state index in [0.29, 0.717) is 6.54 Å². The Morgan fingerprint density at radius 2 is 1.04 bits per heavy atom. The molecule has 0 aliphatic heterocycles. The Kier molecular flexibility index (Phi) is 7.00. The number of benzene rings is 3. The van der Waals surface area contributed by atoms with Crippen LogP contribution in [-0.2, 0) is 19.5 Å². The molecular formula is C24H27NO. The molecule has 2 heteroatoms. The fraction of sp³-hybridized carbons (Fsp3) is 0.250. The van der Waals surface area contributed by atoms with E-state index in [2.05, 4.69) is 77.7 Å². The van der Waals surface area contributed by atoms with Crippen LogP contribution in [0, 0.1) is 0 Å². The van der Waals surface area contributed by atoms with E-state index in [-0.39, 0.29) is 6.10 Å². The van der Waals surface area contributed by atoms with Crippen molar-refractivity contribution in [1.29, 1.82) is 0 Å². The molecule has 3 rings (SSSR count). The van der Waals surface area contributed by atoms with Gasteiger partial charge in [0.15, 0.2) is 0 Å². The molecule has 0 amide bonds. The van der Waals surface area contributed by atoms with Gasteiger partial charge in [-0.15, -0.1) is 0 Å². The number of aliphatic hydroxyl groups is 1. The van der Waals surface area contributed by atoms with Crippen LogP contribution in [0.25, 0.3) is 0 Å². The molecule has 26 heavy (non-hydrogen) atoms. The highest BCUT2D eigenvalue weighted by Crippen LogP contribution is 2.13. The summed E-state index contributed by atoms with van der Waals surface area (Å²) in [7, 11) is 0. The lowest BCUT2D eigenvalue weighted by atomic mass is 10.1. The quantitative estimate of drug-likeness (QED) is 0.608. The van der Waals surface area contributed by atoms with Crippen LogP contribution < -0.4 is 0 Å². The van der Waals surface area contributed by atoms with Gasteiger partial charge in [-0.2, -0.15) is 0 Å². The summed E-state index contributed by atoms with van der Waals surface area (Å²) in [6, 6.07) is 31.3. The summed E-state index contributed by atoms with van der Waals surface area (Å²) < 4.78 is 0. The van der Waals surface area contributed by atoms with Crippen LogP contribution in [0.2, 0.25) is 0 Å². The number of rotatable bonds is 9. The first-order valence-electron chi connectivity index (χ1n) is 9.32. The number of nitrogens with zero attached hydrogens (tertiary/aromatic N) is 1. The summed E-state index contributed by atoms with van der Waals surface area (Å²) in [5, 5.41) is 10.6. The minimum Gasteiger partial charge on any atom is -0.392 e. The molecule has 0 aromatic heterocycles. The molecular weight excluding hydrogens is 318 g/mol. The second-order valence-electron chi connectivity index (χ2n) is 6.82.